The number of hydrogen-bond acceptors (Lipinski definition) is 4. The molecular weight excluding hydrogens is 410 g/mol. The van der Waals surface area contributed by atoms with Gasteiger partial charge < -0.3 is 14.2 Å². The standard InChI is InChI=1S/C29H33NO3/c1-20-26(14-16-32-18-21-7-11-25(31-2)12-8-21)29(27-5-3-4-6-28(27)30-20)23-9-10-24-19-33-15-13-22(24)17-23/h7-12,17H,3-6,13-16,18-19H2,1-2H3. The average Bonchev–Trinajstić information content (AvgIpc) is 2.86. The van der Waals surface area contributed by atoms with Gasteiger partial charge in [-0.2, -0.15) is 0 Å². The largest absolute Gasteiger partial charge is 0.497 e. The highest BCUT2D eigenvalue weighted by atomic mass is 16.5. The minimum Gasteiger partial charge on any atom is -0.497 e. The number of fused-ring (bicyclic) bond motifs is 2. The van der Waals surface area contributed by atoms with Gasteiger partial charge >= 0.3 is 0 Å². The minimum atomic E-state index is 0.607. The molecule has 0 bridgehead atoms. The van der Waals surface area contributed by atoms with Gasteiger partial charge in [0.05, 0.1) is 33.5 Å². The molecule has 33 heavy (non-hydrogen) atoms. The number of methoxy groups -OCH3 is 1. The van der Waals surface area contributed by atoms with Gasteiger partial charge in [-0.1, -0.05) is 30.3 Å². The highest BCUT2D eigenvalue weighted by Gasteiger charge is 2.22. The monoisotopic (exact) mass is 443 g/mol. The van der Waals surface area contributed by atoms with Gasteiger partial charge in [-0.15, -0.1) is 0 Å². The van der Waals surface area contributed by atoms with Gasteiger partial charge in [0.1, 0.15) is 5.75 Å². The first-order valence-electron chi connectivity index (χ1n) is 12.1. The normalized spacial score (nSPS) is 15.1. The third-order valence-corrected chi connectivity index (χ3v) is 6.97. The van der Waals surface area contributed by atoms with E-state index in [0.29, 0.717) is 13.2 Å². The zero-order valence-electron chi connectivity index (χ0n) is 19.8. The van der Waals surface area contributed by atoms with Crippen LogP contribution in [0.15, 0.2) is 42.5 Å². The van der Waals surface area contributed by atoms with E-state index >= 15 is 0 Å². The van der Waals surface area contributed by atoms with Crippen LogP contribution in [-0.4, -0.2) is 25.3 Å². The lowest BCUT2D eigenvalue weighted by atomic mass is 9.84. The van der Waals surface area contributed by atoms with E-state index in [9.17, 15) is 0 Å². The van der Waals surface area contributed by atoms with Crippen LogP contribution in [0, 0.1) is 6.92 Å². The smallest absolute Gasteiger partial charge is 0.118 e. The Kier molecular flexibility index (Phi) is 6.75. The van der Waals surface area contributed by atoms with Crippen LogP contribution in [0.3, 0.4) is 0 Å². The number of benzene rings is 2. The van der Waals surface area contributed by atoms with Gasteiger partial charge in [0, 0.05) is 11.4 Å². The quantitative estimate of drug-likeness (QED) is 0.434. The van der Waals surface area contributed by atoms with E-state index in [1.54, 1.807) is 7.11 Å². The van der Waals surface area contributed by atoms with Gasteiger partial charge in [0.2, 0.25) is 0 Å². The molecule has 2 heterocycles. The molecule has 1 aliphatic heterocycles. The summed E-state index contributed by atoms with van der Waals surface area (Å²) in [6, 6.07) is 15.0. The molecule has 1 aliphatic carbocycles. The molecule has 0 radical (unpaired) electrons. The molecule has 5 rings (SSSR count). The average molecular weight is 444 g/mol. The van der Waals surface area contributed by atoms with Gasteiger partial charge in [0.25, 0.3) is 0 Å². The molecule has 4 nitrogen and oxygen atoms in total. The summed E-state index contributed by atoms with van der Waals surface area (Å²) in [7, 11) is 1.69. The Morgan fingerprint density at radius 3 is 2.67 bits per heavy atom. The predicted molar refractivity (Wildman–Crippen MR) is 131 cm³/mol. The third kappa shape index (κ3) is 4.83. The first-order valence-corrected chi connectivity index (χ1v) is 12.1. The van der Waals surface area contributed by atoms with E-state index in [1.165, 1.54) is 51.9 Å². The Morgan fingerprint density at radius 2 is 1.82 bits per heavy atom. The Balaban J connectivity index is 1.40. The number of rotatable bonds is 7. The predicted octanol–water partition coefficient (Wildman–Crippen LogP) is 5.78. The Hall–Kier alpha value is -2.69. The number of aryl methyl sites for hydroxylation is 2. The maximum atomic E-state index is 6.09. The van der Waals surface area contributed by atoms with E-state index in [-0.39, 0.29) is 0 Å². The van der Waals surface area contributed by atoms with Gasteiger partial charge in [-0.3, -0.25) is 4.98 Å². The molecule has 4 heteroatoms. The fourth-order valence-electron chi connectivity index (χ4n) is 5.17. The van der Waals surface area contributed by atoms with Crippen molar-refractivity contribution in [3.63, 3.8) is 0 Å². The second kappa shape index (κ2) is 10.1. The second-order valence-electron chi connectivity index (χ2n) is 9.12. The van der Waals surface area contributed by atoms with Crippen molar-refractivity contribution in [3.8, 4) is 16.9 Å². The number of pyridine rings is 1. The number of ether oxygens (including phenoxy) is 3. The number of nitrogens with zero attached hydrogens (tertiary/aromatic N) is 1. The summed E-state index contributed by atoms with van der Waals surface area (Å²) in [4.78, 5) is 5.05. The van der Waals surface area contributed by atoms with E-state index < -0.39 is 0 Å². The van der Waals surface area contributed by atoms with Crippen LogP contribution in [0.5, 0.6) is 5.75 Å². The molecule has 0 unspecified atom stereocenters. The first-order chi connectivity index (χ1) is 16.2. The van der Waals surface area contributed by atoms with Crippen LogP contribution in [0.2, 0.25) is 0 Å². The van der Waals surface area contributed by atoms with Crippen LogP contribution >= 0.6 is 0 Å². The molecule has 2 aliphatic rings. The maximum absolute atomic E-state index is 6.09. The molecule has 3 aromatic rings. The number of aromatic nitrogens is 1. The molecular formula is C29H33NO3. The van der Waals surface area contributed by atoms with Crippen molar-refractivity contribution in [2.75, 3.05) is 20.3 Å². The molecule has 1 aromatic heterocycles. The molecule has 0 saturated heterocycles. The molecule has 172 valence electrons. The molecule has 0 amide bonds. The Labute approximate surface area is 196 Å². The summed E-state index contributed by atoms with van der Waals surface area (Å²) in [5, 5.41) is 0. The molecule has 0 N–H and O–H groups in total. The lowest BCUT2D eigenvalue weighted by Gasteiger charge is -2.25. The van der Waals surface area contributed by atoms with Crippen molar-refractivity contribution < 1.29 is 14.2 Å². The summed E-state index contributed by atoms with van der Waals surface area (Å²) in [5.41, 5.74) is 11.9. The SMILES string of the molecule is COc1ccc(COCCc2c(C)nc3c(c2-c2ccc4c(c2)CCOC4)CCCC3)cc1. The number of hydrogen-bond donors (Lipinski definition) is 0. The van der Waals surface area contributed by atoms with Crippen molar-refractivity contribution in [3.05, 3.63) is 81.7 Å². The first kappa shape index (κ1) is 22.1. The lowest BCUT2D eigenvalue weighted by molar-refractivity contribution is 0.111. The summed E-state index contributed by atoms with van der Waals surface area (Å²) in [5.74, 6) is 0.871. The zero-order chi connectivity index (χ0) is 22.6. The maximum Gasteiger partial charge on any atom is 0.118 e. The van der Waals surface area contributed by atoms with Crippen LogP contribution in [-0.2, 0) is 48.4 Å². The topological polar surface area (TPSA) is 40.6 Å². The highest BCUT2D eigenvalue weighted by Crippen LogP contribution is 2.37. The van der Waals surface area contributed by atoms with Crippen LogP contribution in [0.4, 0.5) is 0 Å². The molecule has 0 fully saturated rings. The van der Waals surface area contributed by atoms with Gasteiger partial charge in [0.15, 0.2) is 0 Å². The molecule has 0 atom stereocenters. The van der Waals surface area contributed by atoms with Gasteiger partial charge in [-0.05, 0) is 96.5 Å². The van der Waals surface area contributed by atoms with Crippen LogP contribution in [0.25, 0.3) is 11.1 Å². The van der Waals surface area contributed by atoms with Crippen LogP contribution in [0.1, 0.15) is 52.0 Å². The van der Waals surface area contributed by atoms with E-state index in [0.717, 1.165) is 55.9 Å². The van der Waals surface area contributed by atoms with E-state index in [2.05, 4.69) is 37.3 Å². The van der Waals surface area contributed by atoms with Crippen molar-refractivity contribution >= 4 is 0 Å². The van der Waals surface area contributed by atoms with Crippen molar-refractivity contribution in [1.29, 1.82) is 0 Å². The van der Waals surface area contributed by atoms with Gasteiger partial charge in [-0.25, -0.2) is 0 Å². The second-order valence-corrected chi connectivity index (χ2v) is 9.12. The summed E-state index contributed by atoms with van der Waals surface area (Å²) in [6.45, 7) is 5.00. The lowest BCUT2D eigenvalue weighted by Crippen LogP contribution is -2.14. The van der Waals surface area contributed by atoms with Crippen molar-refractivity contribution in [2.45, 2.75) is 58.7 Å². The highest BCUT2D eigenvalue weighted by molar-refractivity contribution is 5.74. The van der Waals surface area contributed by atoms with E-state index in [1.807, 2.05) is 12.1 Å². The molecule has 2 aromatic carbocycles. The van der Waals surface area contributed by atoms with Crippen molar-refractivity contribution in [1.82, 2.24) is 4.98 Å². The Morgan fingerprint density at radius 1 is 0.970 bits per heavy atom. The zero-order valence-corrected chi connectivity index (χ0v) is 19.8. The molecule has 0 saturated carbocycles. The van der Waals surface area contributed by atoms with E-state index in [4.69, 9.17) is 19.2 Å². The third-order valence-electron chi connectivity index (χ3n) is 6.97. The van der Waals surface area contributed by atoms with Crippen LogP contribution < -0.4 is 4.74 Å². The fraction of sp³-hybridized carbons (Fsp3) is 0.414. The Bertz CT molecular complexity index is 1120. The summed E-state index contributed by atoms with van der Waals surface area (Å²) >= 11 is 0. The fourth-order valence-corrected chi connectivity index (χ4v) is 5.17. The minimum absolute atomic E-state index is 0.607. The molecule has 0 spiro atoms. The summed E-state index contributed by atoms with van der Waals surface area (Å²) in [6.07, 6.45) is 6.57. The van der Waals surface area contributed by atoms with Crippen molar-refractivity contribution in [2.24, 2.45) is 0 Å². The summed E-state index contributed by atoms with van der Waals surface area (Å²) < 4.78 is 17.0.